The predicted molar refractivity (Wildman–Crippen MR) is 65.4 cm³/mol. The number of methoxy groups -OCH3 is 1. The highest BCUT2D eigenvalue weighted by atomic mass is 16.7. The van der Waals surface area contributed by atoms with Crippen LogP contribution >= 0.6 is 0 Å². The summed E-state index contributed by atoms with van der Waals surface area (Å²) < 4.78 is 5.18. The Labute approximate surface area is 97.7 Å². The van der Waals surface area contributed by atoms with Crippen LogP contribution in [0.5, 0.6) is 5.75 Å². The van der Waals surface area contributed by atoms with E-state index in [1.54, 1.807) is 7.11 Å². The van der Waals surface area contributed by atoms with Gasteiger partial charge in [0.25, 0.3) is 0 Å². The molecule has 0 aromatic heterocycles. The Balaban J connectivity index is 2.62. The zero-order valence-corrected chi connectivity index (χ0v) is 10.7. The smallest absolute Gasteiger partial charge is 0.119 e. The summed E-state index contributed by atoms with van der Waals surface area (Å²) in [7, 11) is 1.67. The average Bonchev–Trinajstić information content (AvgIpc) is 2.25. The summed E-state index contributed by atoms with van der Waals surface area (Å²) in [5, 5.41) is 0. The molecule has 1 atom stereocenters. The highest BCUT2D eigenvalue weighted by molar-refractivity contribution is 5.29. The minimum atomic E-state index is -0.187. The highest BCUT2D eigenvalue weighted by Gasteiger charge is 2.13. The standard InChI is InChI=1S/C13H21NO2/c1-10(14-16-13(2,3)4)11-7-6-8-12(9-11)15-5/h6-10,14H,1-5H3. The Kier molecular flexibility index (Phi) is 4.33. The largest absolute Gasteiger partial charge is 0.497 e. The Morgan fingerprint density at radius 3 is 2.50 bits per heavy atom. The van der Waals surface area contributed by atoms with Crippen molar-refractivity contribution in [2.45, 2.75) is 39.3 Å². The summed E-state index contributed by atoms with van der Waals surface area (Å²) in [4.78, 5) is 5.53. The van der Waals surface area contributed by atoms with Crippen LogP contribution in [0.2, 0.25) is 0 Å². The van der Waals surface area contributed by atoms with Crippen molar-refractivity contribution in [3.63, 3.8) is 0 Å². The Hall–Kier alpha value is -1.06. The van der Waals surface area contributed by atoms with Crippen molar-refractivity contribution in [1.29, 1.82) is 0 Å². The first-order valence-electron chi connectivity index (χ1n) is 5.50. The SMILES string of the molecule is COc1cccc(C(C)NOC(C)(C)C)c1. The fraction of sp³-hybridized carbons (Fsp3) is 0.538. The summed E-state index contributed by atoms with van der Waals surface area (Å²) >= 11 is 0. The van der Waals surface area contributed by atoms with Gasteiger partial charge in [-0.1, -0.05) is 12.1 Å². The van der Waals surface area contributed by atoms with E-state index in [-0.39, 0.29) is 11.6 Å². The first-order chi connectivity index (χ1) is 7.42. The van der Waals surface area contributed by atoms with E-state index in [1.165, 1.54) is 0 Å². The van der Waals surface area contributed by atoms with Crippen LogP contribution in [0.1, 0.15) is 39.3 Å². The highest BCUT2D eigenvalue weighted by Crippen LogP contribution is 2.19. The fourth-order valence-corrected chi connectivity index (χ4v) is 1.24. The zero-order valence-electron chi connectivity index (χ0n) is 10.7. The quantitative estimate of drug-likeness (QED) is 0.796. The van der Waals surface area contributed by atoms with E-state index in [2.05, 4.69) is 12.4 Å². The van der Waals surface area contributed by atoms with Gasteiger partial charge in [-0.25, -0.2) is 0 Å². The molecule has 0 bridgehead atoms. The predicted octanol–water partition coefficient (Wildman–Crippen LogP) is 3.08. The van der Waals surface area contributed by atoms with E-state index in [0.29, 0.717) is 0 Å². The molecule has 90 valence electrons. The van der Waals surface area contributed by atoms with Crippen LogP contribution in [-0.4, -0.2) is 12.7 Å². The van der Waals surface area contributed by atoms with Crippen LogP contribution in [0.15, 0.2) is 24.3 Å². The molecule has 0 aliphatic heterocycles. The summed E-state index contributed by atoms with van der Waals surface area (Å²) in [6, 6.07) is 8.09. The van der Waals surface area contributed by atoms with Gasteiger partial charge in [0.2, 0.25) is 0 Å². The van der Waals surface area contributed by atoms with Gasteiger partial charge in [0.1, 0.15) is 5.75 Å². The van der Waals surface area contributed by atoms with Crippen LogP contribution in [0.4, 0.5) is 0 Å². The second-order valence-electron chi connectivity index (χ2n) is 4.83. The van der Waals surface area contributed by atoms with E-state index in [4.69, 9.17) is 9.57 Å². The number of hydrogen-bond acceptors (Lipinski definition) is 3. The van der Waals surface area contributed by atoms with Gasteiger partial charge in [0.05, 0.1) is 18.8 Å². The summed E-state index contributed by atoms with van der Waals surface area (Å²) in [5.74, 6) is 0.863. The molecular weight excluding hydrogens is 202 g/mol. The first kappa shape index (κ1) is 13.0. The molecule has 0 radical (unpaired) electrons. The van der Waals surface area contributed by atoms with Crippen LogP contribution in [0.3, 0.4) is 0 Å². The zero-order chi connectivity index (χ0) is 12.2. The topological polar surface area (TPSA) is 30.5 Å². The summed E-state index contributed by atoms with van der Waals surface area (Å²) in [6.07, 6.45) is 0. The van der Waals surface area contributed by atoms with Gasteiger partial charge in [0.15, 0.2) is 0 Å². The second kappa shape index (κ2) is 5.32. The van der Waals surface area contributed by atoms with Crippen molar-refractivity contribution in [2.24, 2.45) is 0 Å². The van der Waals surface area contributed by atoms with Crippen LogP contribution < -0.4 is 10.2 Å². The minimum absolute atomic E-state index is 0.134. The molecule has 0 amide bonds. The lowest BCUT2D eigenvalue weighted by Crippen LogP contribution is -2.30. The van der Waals surface area contributed by atoms with Gasteiger partial charge in [-0.15, -0.1) is 0 Å². The third-order valence-corrected chi connectivity index (χ3v) is 2.14. The molecule has 0 aliphatic rings. The number of hydrogen-bond donors (Lipinski definition) is 1. The average molecular weight is 223 g/mol. The third-order valence-electron chi connectivity index (χ3n) is 2.14. The molecule has 0 saturated heterocycles. The van der Waals surface area contributed by atoms with E-state index in [1.807, 2.05) is 45.0 Å². The van der Waals surface area contributed by atoms with Crippen LogP contribution in [0.25, 0.3) is 0 Å². The van der Waals surface area contributed by atoms with E-state index < -0.39 is 0 Å². The third kappa shape index (κ3) is 4.21. The second-order valence-corrected chi connectivity index (χ2v) is 4.83. The Morgan fingerprint density at radius 1 is 1.25 bits per heavy atom. The number of nitrogens with one attached hydrogen (secondary N) is 1. The van der Waals surface area contributed by atoms with Gasteiger partial charge in [-0.2, -0.15) is 5.48 Å². The molecular formula is C13H21NO2. The molecule has 0 saturated carbocycles. The molecule has 0 aliphatic carbocycles. The van der Waals surface area contributed by atoms with Crippen molar-refractivity contribution in [3.05, 3.63) is 29.8 Å². The van der Waals surface area contributed by atoms with E-state index in [0.717, 1.165) is 11.3 Å². The molecule has 0 heterocycles. The molecule has 1 N–H and O–H groups in total. The number of rotatable bonds is 4. The lowest BCUT2D eigenvalue weighted by molar-refractivity contribution is -0.0866. The van der Waals surface area contributed by atoms with Crippen molar-refractivity contribution < 1.29 is 9.57 Å². The summed E-state index contributed by atoms with van der Waals surface area (Å²) in [6.45, 7) is 8.09. The molecule has 3 heteroatoms. The van der Waals surface area contributed by atoms with Crippen LogP contribution in [-0.2, 0) is 4.84 Å². The van der Waals surface area contributed by atoms with Gasteiger partial charge < -0.3 is 4.74 Å². The van der Waals surface area contributed by atoms with Gasteiger partial charge in [0, 0.05) is 0 Å². The van der Waals surface area contributed by atoms with E-state index >= 15 is 0 Å². The Morgan fingerprint density at radius 2 is 1.94 bits per heavy atom. The van der Waals surface area contributed by atoms with Crippen molar-refractivity contribution >= 4 is 0 Å². The van der Waals surface area contributed by atoms with Crippen molar-refractivity contribution in [1.82, 2.24) is 5.48 Å². The van der Waals surface area contributed by atoms with Crippen LogP contribution in [0, 0.1) is 0 Å². The molecule has 1 unspecified atom stereocenters. The van der Waals surface area contributed by atoms with Gasteiger partial charge in [-0.3, -0.25) is 4.84 Å². The minimum Gasteiger partial charge on any atom is -0.497 e. The maximum absolute atomic E-state index is 5.53. The first-order valence-corrected chi connectivity index (χ1v) is 5.50. The molecule has 0 fully saturated rings. The monoisotopic (exact) mass is 223 g/mol. The molecule has 1 rings (SSSR count). The number of benzene rings is 1. The maximum atomic E-state index is 5.53. The Bertz CT molecular complexity index is 331. The molecule has 1 aromatic rings. The molecule has 1 aromatic carbocycles. The lowest BCUT2D eigenvalue weighted by atomic mass is 10.1. The van der Waals surface area contributed by atoms with Gasteiger partial charge in [-0.05, 0) is 45.4 Å². The molecule has 3 nitrogen and oxygen atoms in total. The molecule has 16 heavy (non-hydrogen) atoms. The molecule has 0 spiro atoms. The van der Waals surface area contributed by atoms with E-state index in [9.17, 15) is 0 Å². The lowest BCUT2D eigenvalue weighted by Gasteiger charge is -2.23. The number of hydroxylamine groups is 1. The van der Waals surface area contributed by atoms with Crippen molar-refractivity contribution in [3.8, 4) is 5.75 Å². The fourth-order valence-electron chi connectivity index (χ4n) is 1.24. The normalized spacial score (nSPS) is 13.6. The van der Waals surface area contributed by atoms with Gasteiger partial charge >= 0.3 is 0 Å². The number of ether oxygens (including phenoxy) is 1. The van der Waals surface area contributed by atoms with Crippen molar-refractivity contribution in [2.75, 3.05) is 7.11 Å². The summed E-state index contributed by atoms with van der Waals surface area (Å²) in [5.41, 5.74) is 3.99. The maximum Gasteiger partial charge on any atom is 0.119 e.